The Morgan fingerprint density at radius 3 is 2.59 bits per heavy atom. The molecule has 0 saturated heterocycles. The number of aryl methyl sites for hydroxylation is 1. The van der Waals surface area contributed by atoms with Crippen molar-refractivity contribution < 1.29 is 9.21 Å². The van der Waals surface area contributed by atoms with E-state index in [4.69, 9.17) is 27.6 Å². The van der Waals surface area contributed by atoms with E-state index in [0.29, 0.717) is 39.9 Å². The van der Waals surface area contributed by atoms with Gasteiger partial charge in [0.25, 0.3) is 5.56 Å². The third-order valence-corrected chi connectivity index (χ3v) is 7.11. The second-order valence-corrected chi connectivity index (χ2v) is 10.4. The molecule has 11 heteroatoms. The van der Waals surface area contributed by atoms with Gasteiger partial charge < -0.3 is 4.42 Å². The standard InChI is InChI=1S/C30H22Cl2N6O3/c1-18-34-23-9-7-20(13-28(23)41-18)12-27(39)26(11-19-5-3-2-4-6-19)37-17-33-24(15-30(37)40)22-14-21(31)8-10-25(22)38-16-29(32)35-36-38/h2-10,13-17,26H,11-12H2,1H3/t26-/m0/s1. The van der Waals surface area contributed by atoms with Crippen LogP contribution in [0, 0.1) is 6.92 Å². The van der Waals surface area contributed by atoms with E-state index in [9.17, 15) is 9.59 Å². The highest BCUT2D eigenvalue weighted by molar-refractivity contribution is 6.31. The van der Waals surface area contributed by atoms with Gasteiger partial charge in [-0.1, -0.05) is 64.8 Å². The maximum atomic E-state index is 13.8. The largest absolute Gasteiger partial charge is 0.441 e. The van der Waals surface area contributed by atoms with Gasteiger partial charge in [0.15, 0.2) is 22.4 Å². The van der Waals surface area contributed by atoms with Crippen LogP contribution >= 0.6 is 23.2 Å². The van der Waals surface area contributed by atoms with Crippen LogP contribution in [0.15, 0.2) is 94.5 Å². The van der Waals surface area contributed by atoms with Crippen LogP contribution in [0.25, 0.3) is 28.0 Å². The Balaban J connectivity index is 1.37. The minimum atomic E-state index is -0.786. The van der Waals surface area contributed by atoms with Crippen LogP contribution in [0.1, 0.15) is 23.1 Å². The number of aromatic nitrogens is 6. The van der Waals surface area contributed by atoms with E-state index in [-0.39, 0.29) is 22.9 Å². The lowest BCUT2D eigenvalue weighted by molar-refractivity contribution is -0.121. The van der Waals surface area contributed by atoms with E-state index in [1.54, 1.807) is 31.3 Å². The highest BCUT2D eigenvalue weighted by Crippen LogP contribution is 2.28. The summed E-state index contributed by atoms with van der Waals surface area (Å²) in [6.45, 7) is 1.78. The maximum absolute atomic E-state index is 13.8. The molecule has 0 aliphatic rings. The van der Waals surface area contributed by atoms with Gasteiger partial charge in [-0.25, -0.2) is 14.6 Å². The summed E-state index contributed by atoms with van der Waals surface area (Å²) in [6, 6.07) is 20.8. The number of halogens is 2. The number of rotatable bonds is 8. The van der Waals surface area contributed by atoms with Crippen LogP contribution in [0.4, 0.5) is 0 Å². The SMILES string of the molecule is Cc1nc2ccc(CC(=O)[C@H](Cc3ccccc3)n3cnc(-c4cc(Cl)ccc4-n4cc(Cl)nn4)cc3=O)cc2o1. The fraction of sp³-hybridized carbons (Fsp3) is 0.133. The minimum absolute atomic E-state index is 0.104. The zero-order chi connectivity index (χ0) is 28.5. The third kappa shape index (κ3) is 5.68. The Kier molecular flexibility index (Phi) is 7.21. The summed E-state index contributed by atoms with van der Waals surface area (Å²) < 4.78 is 8.51. The van der Waals surface area contributed by atoms with Crippen molar-refractivity contribution in [2.24, 2.45) is 0 Å². The fourth-order valence-corrected chi connectivity index (χ4v) is 5.08. The van der Waals surface area contributed by atoms with Crippen molar-refractivity contribution in [3.05, 3.63) is 123 Å². The number of hydrogen-bond acceptors (Lipinski definition) is 7. The molecule has 6 rings (SSSR count). The van der Waals surface area contributed by atoms with Gasteiger partial charge in [-0.15, -0.1) is 5.10 Å². The molecule has 0 unspecified atom stereocenters. The van der Waals surface area contributed by atoms with Gasteiger partial charge >= 0.3 is 0 Å². The van der Waals surface area contributed by atoms with E-state index >= 15 is 0 Å². The van der Waals surface area contributed by atoms with Gasteiger partial charge in [0.05, 0.1) is 23.9 Å². The fourth-order valence-electron chi connectivity index (χ4n) is 4.78. The summed E-state index contributed by atoms with van der Waals surface area (Å²) >= 11 is 12.3. The Bertz CT molecular complexity index is 1950. The van der Waals surface area contributed by atoms with E-state index in [1.807, 2.05) is 48.5 Å². The second kappa shape index (κ2) is 11.1. The lowest BCUT2D eigenvalue weighted by Crippen LogP contribution is -2.32. The molecule has 0 N–H and O–H groups in total. The lowest BCUT2D eigenvalue weighted by Gasteiger charge is -2.19. The predicted molar refractivity (Wildman–Crippen MR) is 156 cm³/mol. The highest BCUT2D eigenvalue weighted by atomic mass is 35.5. The Morgan fingerprint density at radius 1 is 1.00 bits per heavy atom. The summed E-state index contributed by atoms with van der Waals surface area (Å²) in [7, 11) is 0. The molecule has 204 valence electrons. The average Bonchev–Trinajstić information content (AvgIpc) is 3.56. The molecule has 0 aliphatic carbocycles. The van der Waals surface area contributed by atoms with Crippen molar-refractivity contribution in [1.82, 2.24) is 29.5 Å². The number of fused-ring (bicyclic) bond motifs is 1. The quantitative estimate of drug-likeness (QED) is 0.221. The molecular weight excluding hydrogens is 563 g/mol. The summed E-state index contributed by atoms with van der Waals surface area (Å²) in [5, 5.41) is 8.53. The Morgan fingerprint density at radius 2 is 1.83 bits per heavy atom. The summed E-state index contributed by atoms with van der Waals surface area (Å²) in [5.74, 6) is 0.416. The number of carbonyl (C=O) groups excluding carboxylic acids is 1. The summed E-state index contributed by atoms with van der Waals surface area (Å²) in [5.41, 5.74) is 4.16. The van der Waals surface area contributed by atoms with Gasteiger partial charge in [0.1, 0.15) is 11.6 Å². The summed E-state index contributed by atoms with van der Waals surface area (Å²) in [6.07, 6.45) is 3.38. The number of hydrogen-bond donors (Lipinski definition) is 0. The van der Waals surface area contributed by atoms with E-state index < -0.39 is 6.04 Å². The van der Waals surface area contributed by atoms with Gasteiger partial charge in [0, 0.05) is 36.4 Å². The molecular formula is C30H22Cl2N6O3. The number of carbonyl (C=O) groups is 1. The first-order valence-electron chi connectivity index (χ1n) is 12.7. The van der Waals surface area contributed by atoms with Crippen molar-refractivity contribution >= 4 is 40.1 Å². The molecule has 3 heterocycles. The number of Topliss-reactive ketones (excluding diaryl/α,β-unsaturated/α-hetero) is 1. The molecule has 6 aromatic rings. The van der Waals surface area contributed by atoms with Crippen LogP contribution in [-0.2, 0) is 17.6 Å². The average molecular weight is 585 g/mol. The lowest BCUT2D eigenvalue weighted by atomic mass is 9.97. The summed E-state index contributed by atoms with van der Waals surface area (Å²) in [4.78, 5) is 36.2. The first-order chi connectivity index (χ1) is 19.8. The Hall–Kier alpha value is -4.60. The number of benzene rings is 3. The molecule has 0 aliphatic heterocycles. The van der Waals surface area contributed by atoms with Crippen molar-refractivity contribution in [1.29, 1.82) is 0 Å². The second-order valence-electron chi connectivity index (χ2n) is 9.55. The zero-order valence-corrected chi connectivity index (χ0v) is 23.3. The molecule has 0 fully saturated rings. The van der Waals surface area contributed by atoms with Crippen molar-refractivity contribution in [2.75, 3.05) is 0 Å². The van der Waals surface area contributed by atoms with Gasteiger partial charge in [-0.3, -0.25) is 14.2 Å². The van der Waals surface area contributed by atoms with Crippen molar-refractivity contribution in [3.8, 4) is 16.9 Å². The smallest absolute Gasteiger partial charge is 0.254 e. The molecule has 0 saturated carbocycles. The van der Waals surface area contributed by atoms with E-state index in [1.165, 1.54) is 21.6 Å². The monoisotopic (exact) mass is 584 g/mol. The number of nitrogens with zero attached hydrogens (tertiary/aromatic N) is 6. The zero-order valence-electron chi connectivity index (χ0n) is 21.7. The Labute approximate surface area is 244 Å². The van der Waals surface area contributed by atoms with E-state index in [2.05, 4.69) is 20.3 Å². The highest BCUT2D eigenvalue weighted by Gasteiger charge is 2.24. The topological polar surface area (TPSA) is 109 Å². The van der Waals surface area contributed by atoms with Crippen molar-refractivity contribution in [2.45, 2.75) is 25.8 Å². The predicted octanol–water partition coefficient (Wildman–Crippen LogP) is 5.84. The number of ketones is 1. The first-order valence-corrected chi connectivity index (χ1v) is 13.5. The molecule has 3 aromatic carbocycles. The molecule has 0 bridgehead atoms. The van der Waals surface area contributed by atoms with Crippen molar-refractivity contribution in [3.63, 3.8) is 0 Å². The van der Waals surface area contributed by atoms with Crippen LogP contribution in [-0.4, -0.2) is 35.3 Å². The van der Waals surface area contributed by atoms with Crippen LogP contribution in [0.3, 0.4) is 0 Å². The van der Waals surface area contributed by atoms with Gasteiger partial charge in [-0.05, 0) is 41.5 Å². The van der Waals surface area contributed by atoms with Gasteiger partial charge in [-0.2, -0.15) is 0 Å². The third-order valence-electron chi connectivity index (χ3n) is 6.70. The van der Waals surface area contributed by atoms with Gasteiger partial charge in [0.2, 0.25) is 0 Å². The molecule has 9 nitrogen and oxygen atoms in total. The van der Waals surface area contributed by atoms with Crippen LogP contribution < -0.4 is 5.56 Å². The molecule has 0 amide bonds. The maximum Gasteiger partial charge on any atom is 0.254 e. The normalized spacial score (nSPS) is 12.1. The minimum Gasteiger partial charge on any atom is -0.441 e. The number of oxazole rings is 1. The van der Waals surface area contributed by atoms with Crippen LogP contribution in [0.2, 0.25) is 10.2 Å². The molecule has 0 spiro atoms. The van der Waals surface area contributed by atoms with Crippen LogP contribution in [0.5, 0.6) is 0 Å². The molecule has 3 aromatic heterocycles. The molecule has 41 heavy (non-hydrogen) atoms. The molecule has 0 radical (unpaired) electrons. The molecule has 1 atom stereocenters. The van der Waals surface area contributed by atoms with E-state index in [0.717, 1.165) is 16.6 Å². The first kappa shape index (κ1) is 26.6.